The molecular formula is C5H3F7O2. The molecule has 14 heavy (non-hydrogen) atoms. The number of ether oxygens (including phenoxy) is 1. The van der Waals surface area contributed by atoms with Crippen LogP contribution in [0, 0.1) is 0 Å². The van der Waals surface area contributed by atoms with Crippen LogP contribution in [0.3, 0.4) is 0 Å². The van der Waals surface area contributed by atoms with Gasteiger partial charge in [-0.15, -0.1) is 0 Å². The van der Waals surface area contributed by atoms with E-state index in [1.54, 1.807) is 0 Å². The van der Waals surface area contributed by atoms with Crippen LogP contribution in [-0.2, 0) is 9.53 Å². The summed E-state index contributed by atoms with van der Waals surface area (Å²) in [5, 5.41) is 0. The van der Waals surface area contributed by atoms with Crippen molar-refractivity contribution in [3.63, 3.8) is 0 Å². The van der Waals surface area contributed by atoms with E-state index in [4.69, 9.17) is 0 Å². The highest BCUT2D eigenvalue weighted by Crippen LogP contribution is 2.39. The third-order valence-corrected chi connectivity index (χ3v) is 0.996. The van der Waals surface area contributed by atoms with Crippen LogP contribution in [0.5, 0.6) is 0 Å². The predicted molar refractivity (Wildman–Crippen MR) is 27.7 cm³/mol. The van der Waals surface area contributed by atoms with E-state index in [0.717, 1.165) is 0 Å². The van der Waals surface area contributed by atoms with Crippen LogP contribution in [0.25, 0.3) is 0 Å². The summed E-state index contributed by atoms with van der Waals surface area (Å²) in [6, 6.07) is -3.58. The number of carbonyl (C=O) groups is 1. The van der Waals surface area contributed by atoms with Gasteiger partial charge in [0.1, 0.15) is 0 Å². The molecule has 0 bridgehead atoms. The van der Waals surface area contributed by atoms with Gasteiger partial charge in [-0.2, -0.15) is 30.7 Å². The summed E-state index contributed by atoms with van der Waals surface area (Å²) in [4.78, 5) is 9.35. The zero-order valence-corrected chi connectivity index (χ0v) is 6.46. The smallest absolute Gasteiger partial charge is 0.251 e. The lowest BCUT2D eigenvalue weighted by atomic mass is 10.3. The molecular weight excluding hydrogens is 225 g/mol. The van der Waals surface area contributed by atoms with Crippen molar-refractivity contribution in [2.75, 3.05) is 0 Å². The Morgan fingerprint density at radius 3 is 1.64 bits per heavy atom. The van der Waals surface area contributed by atoms with Crippen LogP contribution in [-0.4, -0.2) is 24.2 Å². The highest BCUT2D eigenvalue weighted by molar-refractivity contribution is 5.74. The molecule has 0 N–H and O–H groups in total. The Morgan fingerprint density at radius 1 is 1.07 bits per heavy atom. The normalized spacial score (nSPS) is 14.3. The molecule has 2 nitrogen and oxygen atoms in total. The first kappa shape index (κ1) is 13.1. The van der Waals surface area contributed by atoms with Crippen molar-refractivity contribution < 1.29 is 40.3 Å². The number of carbonyl (C=O) groups excluding carboxylic acids is 1. The molecule has 0 aromatic rings. The molecule has 84 valence electrons. The SMILES string of the molecule is CC(F)(F)C(F)(F)OC(F)(F)C(=O)F. The number of alkyl halides is 6. The summed E-state index contributed by atoms with van der Waals surface area (Å²) in [5.74, 6) is -4.97. The quantitative estimate of drug-likeness (QED) is 0.545. The highest BCUT2D eigenvalue weighted by atomic mass is 19.3. The molecule has 0 unspecified atom stereocenters. The van der Waals surface area contributed by atoms with Crippen LogP contribution < -0.4 is 0 Å². The summed E-state index contributed by atoms with van der Waals surface area (Å²) < 4.78 is 84.8. The molecule has 9 heteroatoms. The molecule has 0 heterocycles. The van der Waals surface area contributed by atoms with Gasteiger partial charge in [-0.05, 0) is 0 Å². The third-order valence-electron chi connectivity index (χ3n) is 0.996. The maximum Gasteiger partial charge on any atom is 0.453 e. The molecule has 0 aliphatic rings. The zero-order chi connectivity index (χ0) is 11.8. The van der Waals surface area contributed by atoms with Gasteiger partial charge in [-0.25, -0.2) is 4.74 Å². The molecule has 0 aliphatic carbocycles. The number of rotatable bonds is 4. The minimum absolute atomic E-state index is 0.425. The van der Waals surface area contributed by atoms with Gasteiger partial charge in [0, 0.05) is 6.92 Å². The topological polar surface area (TPSA) is 26.3 Å². The van der Waals surface area contributed by atoms with Crippen LogP contribution in [0.15, 0.2) is 0 Å². The standard InChI is InChI=1S/C5H3F7O2/c1-3(7,8)5(11,12)14-4(9,10)2(6)13/h1H3. The average molecular weight is 228 g/mol. The van der Waals surface area contributed by atoms with Gasteiger partial charge in [0.15, 0.2) is 0 Å². The summed E-state index contributed by atoms with van der Waals surface area (Å²) in [6.07, 6.45) is -11.2. The van der Waals surface area contributed by atoms with E-state index in [1.807, 2.05) is 0 Å². The fourth-order valence-electron chi connectivity index (χ4n) is 0.291. The van der Waals surface area contributed by atoms with Crippen LogP contribution >= 0.6 is 0 Å². The van der Waals surface area contributed by atoms with Crippen molar-refractivity contribution in [1.82, 2.24) is 0 Å². The maximum atomic E-state index is 12.0. The van der Waals surface area contributed by atoms with Gasteiger partial charge in [0.05, 0.1) is 0 Å². The summed E-state index contributed by atoms with van der Waals surface area (Å²) in [7, 11) is 0. The first-order chi connectivity index (χ1) is 5.90. The lowest BCUT2D eigenvalue weighted by Gasteiger charge is -2.24. The Labute approximate surface area is 72.6 Å². The van der Waals surface area contributed by atoms with E-state index in [1.165, 1.54) is 0 Å². The van der Waals surface area contributed by atoms with Gasteiger partial charge in [0.2, 0.25) is 0 Å². The Balaban J connectivity index is 4.76. The Bertz CT molecular complexity index is 231. The highest BCUT2D eigenvalue weighted by Gasteiger charge is 2.61. The average Bonchev–Trinajstić information content (AvgIpc) is 1.80. The largest absolute Gasteiger partial charge is 0.453 e. The molecule has 0 amide bonds. The van der Waals surface area contributed by atoms with E-state index >= 15 is 0 Å². The van der Waals surface area contributed by atoms with Crippen molar-refractivity contribution in [2.45, 2.75) is 25.1 Å². The molecule has 0 atom stereocenters. The van der Waals surface area contributed by atoms with Gasteiger partial charge in [-0.3, -0.25) is 4.79 Å². The predicted octanol–water partition coefficient (Wildman–Crippen LogP) is 2.34. The van der Waals surface area contributed by atoms with Gasteiger partial charge >= 0.3 is 24.2 Å². The van der Waals surface area contributed by atoms with E-state index in [2.05, 4.69) is 4.74 Å². The second kappa shape index (κ2) is 3.37. The minimum atomic E-state index is -5.64. The number of halogens is 7. The Morgan fingerprint density at radius 2 is 1.43 bits per heavy atom. The van der Waals surface area contributed by atoms with Crippen LogP contribution in [0.2, 0.25) is 0 Å². The van der Waals surface area contributed by atoms with E-state index in [9.17, 15) is 35.5 Å². The second-order valence-electron chi connectivity index (χ2n) is 2.30. The molecule has 0 rings (SSSR count). The van der Waals surface area contributed by atoms with Crippen LogP contribution in [0.1, 0.15) is 6.92 Å². The Kier molecular flexibility index (Phi) is 3.16. The van der Waals surface area contributed by atoms with Crippen molar-refractivity contribution in [3.05, 3.63) is 0 Å². The minimum Gasteiger partial charge on any atom is -0.251 e. The number of hydrogen-bond donors (Lipinski definition) is 0. The summed E-state index contributed by atoms with van der Waals surface area (Å²) in [6.45, 7) is -0.425. The molecule has 0 fully saturated rings. The first-order valence-corrected chi connectivity index (χ1v) is 2.94. The van der Waals surface area contributed by atoms with Gasteiger partial charge in [-0.1, -0.05) is 0 Å². The lowest BCUT2D eigenvalue weighted by Crippen LogP contribution is -2.47. The summed E-state index contributed by atoms with van der Waals surface area (Å²) >= 11 is 0. The summed E-state index contributed by atoms with van der Waals surface area (Å²) in [5.41, 5.74) is 0. The molecule has 0 saturated carbocycles. The van der Waals surface area contributed by atoms with E-state index in [-0.39, 0.29) is 0 Å². The molecule has 0 radical (unpaired) electrons. The van der Waals surface area contributed by atoms with Gasteiger partial charge < -0.3 is 0 Å². The van der Waals surface area contributed by atoms with Gasteiger partial charge in [0.25, 0.3) is 0 Å². The van der Waals surface area contributed by atoms with E-state index < -0.39 is 31.1 Å². The zero-order valence-electron chi connectivity index (χ0n) is 6.46. The molecule has 0 aliphatic heterocycles. The molecule has 0 aromatic heterocycles. The fourth-order valence-corrected chi connectivity index (χ4v) is 0.291. The van der Waals surface area contributed by atoms with Crippen molar-refractivity contribution in [2.24, 2.45) is 0 Å². The molecule has 0 aromatic carbocycles. The number of hydrogen-bond acceptors (Lipinski definition) is 2. The van der Waals surface area contributed by atoms with E-state index in [0.29, 0.717) is 0 Å². The molecule has 0 saturated heterocycles. The van der Waals surface area contributed by atoms with Crippen molar-refractivity contribution >= 4 is 6.04 Å². The maximum absolute atomic E-state index is 12.0. The molecule has 0 spiro atoms. The van der Waals surface area contributed by atoms with Crippen molar-refractivity contribution in [3.8, 4) is 0 Å². The van der Waals surface area contributed by atoms with Crippen molar-refractivity contribution in [1.29, 1.82) is 0 Å². The van der Waals surface area contributed by atoms with Crippen LogP contribution in [0.4, 0.5) is 30.7 Å². The second-order valence-corrected chi connectivity index (χ2v) is 2.30. The monoisotopic (exact) mass is 228 g/mol. The first-order valence-electron chi connectivity index (χ1n) is 2.94. The Hall–Kier alpha value is -0.860. The fraction of sp³-hybridized carbons (Fsp3) is 0.800. The third kappa shape index (κ3) is 2.82. The lowest BCUT2D eigenvalue weighted by molar-refractivity contribution is -0.415.